The van der Waals surface area contributed by atoms with Crippen LogP contribution in [-0.2, 0) is 59.7 Å². The van der Waals surface area contributed by atoms with Crippen molar-refractivity contribution in [2.75, 3.05) is 13.2 Å². The van der Waals surface area contributed by atoms with Crippen molar-refractivity contribution in [2.45, 2.75) is 65.7 Å². The zero-order valence-corrected chi connectivity index (χ0v) is 19.7. The standard InChI is InChI=1S/C11H16O6.C8H14O3.Zr/c1-2-3-4-17-7-9(13)5-8(12)6-10(14)11(15)16;1-3-6(4-2)7(9)5-8(10)11;/h2-7H2,1H3,(H,15,16);6H,3-5H2,1-2H3,(H,10,11);. The maximum atomic E-state index is 11.2. The summed E-state index contributed by atoms with van der Waals surface area (Å²) in [4.78, 5) is 64.2. The number of ketones is 4. The largest absolute Gasteiger partial charge is 0.481 e. The Balaban J connectivity index is -0.000000491. The summed E-state index contributed by atoms with van der Waals surface area (Å²) in [5, 5.41) is 16.6. The maximum Gasteiger partial charge on any atom is 0.372 e. The minimum Gasteiger partial charge on any atom is -0.481 e. The van der Waals surface area contributed by atoms with Gasteiger partial charge in [0.1, 0.15) is 24.6 Å². The number of carboxylic acids is 2. The second kappa shape index (κ2) is 19.8. The molecule has 0 aliphatic rings. The van der Waals surface area contributed by atoms with Crippen LogP contribution in [0.2, 0.25) is 0 Å². The summed E-state index contributed by atoms with van der Waals surface area (Å²) in [5.74, 6) is -5.24. The van der Waals surface area contributed by atoms with Crippen molar-refractivity contribution in [3.05, 3.63) is 0 Å². The Labute approximate surface area is 189 Å². The normalized spacial score (nSPS) is 9.66. The summed E-state index contributed by atoms with van der Waals surface area (Å²) in [6.45, 7) is 6.05. The van der Waals surface area contributed by atoms with Crippen LogP contribution in [0.25, 0.3) is 0 Å². The van der Waals surface area contributed by atoms with Gasteiger partial charge in [0, 0.05) is 38.7 Å². The summed E-state index contributed by atoms with van der Waals surface area (Å²) in [6, 6.07) is 0. The van der Waals surface area contributed by atoms with Crippen LogP contribution in [0.1, 0.15) is 65.7 Å². The Hall–Kier alpha value is -1.54. The van der Waals surface area contributed by atoms with E-state index in [1.807, 2.05) is 20.8 Å². The number of Topliss-reactive ketones (excluding diaryl/α,β-unsaturated/α-hetero) is 4. The summed E-state index contributed by atoms with van der Waals surface area (Å²) < 4.78 is 4.99. The molecule has 0 amide bonds. The topological polar surface area (TPSA) is 152 Å². The van der Waals surface area contributed by atoms with Crippen molar-refractivity contribution < 1.29 is 69.9 Å². The van der Waals surface area contributed by atoms with Gasteiger partial charge in [0.05, 0.1) is 12.8 Å². The van der Waals surface area contributed by atoms with E-state index in [-0.39, 0.29) is 50.9 Å². The van der Waals surface area contributed by atoms with Crippen LogP contribution < -0.4 is 0 Å². The summed E-state index contributed by atoms with van der Waals surface area (Å²) >= 11 is 0. The van der Waals surface area contributed by atoms with Crippen LogP contribution in [0.4, 0.5) is 0 Å². The van der Waals surface area contributed by atoms with Gasteiger partial charge in [0.15, 0.2) is 5.78 Å². The number of carboxylic acid groups (broad SMARTS) is 2. The average Bonchev–Trinajstić information content (AvgIpc) is 2.59. The van der Waals surface area contributed by atoms with Crippen molar-refractivity contribution in [3.8, 4) is 0 Å². The van der Waals surface area contributed by atoms with E-state index in [4.69, 9.17) is 14.9 Å². The number of rotatable bonds is 15. The van der Waals surface area contributed by atoms with E-state index in [1.165, 1.54) is 0 Å². The third-order valence-electron chi connectivity index (χ3n) is 3.66. The molecule has 9 nitrogen and oxygen atoms in total. The molecule has 0 bridgehead atoms. The molecule has 29 heavy (non-hydrogen) atoms. The predicted octanol–water partition coefficient (Wildman–Crippen LogP) is 1.84. The maximum absolute atomic E-state index is 11.2. The van der Waals surface area contributed by atoms with Gasteiger partial charge in [-0.2, -0.15) is 0 Å². The summed E-state index contributed by atoms with van der Waals surface area (Å²) in [6.07, 6.45) is 1.73. The molecule has 0 aliphatic carbocycles. The van der Waals surface area contributed by atoms with Crippen molar-refractivity contribution >= 4 is 35.1 Å². The van der Waals surface area contributed by atoms with Crippen molar-refractivity contribution in [1.29, 1.82) is 0 Å². The molecule has 0 aromatic rings. The van der Waals surface area contributed by atoms with E-state index in [2.05, 4.69) is 0 Å². The first-order valence-corrected chi connectivity index (χ1v) is 9.20. The van der Waals surface area contributed by atoms with E-state index in [0.717, 1.165) is 25.7 Å². The third kappa shape index (κ3) is 19.5. The van der Waals surface area contributed by atoms with Gasteiger partial charge in [-0.3, -0.25) is 24.0 Å². The number of hydrogen-bond acceptors (Lipinski definition) is 7. The molecule has 0 aromatic carbocycles. The van der Waals surface area contributed by atoms with E-state index < -0.39 is 42.1 Å². The van der Waals surface area contributed by atoms with E-state index in [9.17, 15) is 28.8 Å². The summed E-state index contributed by atoms with van der Waals surface area (Å²) in [7, 11) is 0. The van der Waals surface area contributed by atoms with Gasteiger partial charge in [0.2, 0.25) is 5.78 Å². The van der Waals surface area contributed by atoms with Gasteiger partial charge in [-0.05, 0) is 19.3 Å². The molecular formula is C19H30O9Zr. The molecular weight excluding hydrogens is 463 g/mol. The second-order valence-electron chi connectivity index (χ2n) is 6.12. The molecule has 0 radical (unpaired) electrons. The zero-order chi connectivity index (χ0) is 22.1. The van der Waals surface area contributed by atoms with Gasteiger partial charge in [-0.15, -0.1) is 0 Å². The van der Waals surface area contributed by atoms with Crippen LogP contribution in [0.15, 0.2) is 0 Å². The molecule has 2 N–H and O–H groups in total. The minimum absolute atomic E-state index is 0. The predicted molar refractivity (Wildman–Crippen MR) is 98.9 cm³/mol. The fourth-order valence-corrected chi connectivity index (χ4v) is 2.06. The van der Waals surface area contributed by atoms with Crippen LogP contribution in [0.5, 0.6) is 0 Å². The van der Waals surface area contributed by atoms with E-state index in [0.29, 0.717) is 6.61 Å². The van der Waals surface area contributed by atoms with Crippen LogP contribution in [0.3, 0.4) is 0 Å². The number of carbonyl (C=O) groups is 6. The Bertz CT molecular complexity index is 554. The minimum atomic E-state index is -1.66. The smallest absolute Gasteiger partial charge is 0.372 e. The van der Waals surface area contributed by atoms with Gasteiger partial charge >= 0.3 is 11.9 Å². The number of carbonyl (C=O) groups excluding carboxylic acids is 4. The Morgan fingerprint density at radius 3 is 1.79 bits per heavy atom. The third-order valence-corrected chi connectivity index (χ3v) is 3.66. The molecule has 0 aliphatic heterocycles. The number of ether oxygens (including phenoxy) is 1. The van der Waals surface area contributed by atoms with Crippen molar-refractivity contribution in [3.63, 3.8) is 0 Å². The molecule has 0 heterocycles. The van der Waals surface area contributed by atoms with E-state index in [1.54, 1.807) is 0 Å². The molecule has 0 fully saturated rings. The Kier molecular flexibility index (Phi) is 21.9. The zero-order valence-electron chi connectivity index (χ0n) is 17.2. The first kappa shape index (κ1) is 32.1. The molecule has 0 unspecified atom stereocenters. The number of aliphatic carboxylic acids is 2. The van der Waals surface area contributed by atoms with Gasteiger partial charge in [-0.25, -0.2) is 4.79 Å². The number of unbranched alkanes of at least 4 members (excludes halogenated alkanes) is 1. The molecule has 0 atom stereocenters. The quantitative estimate of drug-likeness (QED) is 0.198. The first-order chi connectivity index (χ1) is 13.1. The molecule has 0 saturated heterocycles. The Morgan fingerprint density at radius 1 is 0.828 bits per heavy atom. The molecule has 0 saturated carbocycles. The van der Waals surface area contributed by atoms with Crippen LogP contribution in [0, 0.1) is 5.92 Å². The molecule has 0 aromatic heterocycles. The Morgan fingerprint density at radius 2 is 1.38 bits per heavy atom. The van der Waals surface area contributed by atoms with E-state index >= 15 is 0 Å². The van der Waals surface area contributed by atoms with Crippen LogP contribution >= 0.6 is 0 Å². The fraction of sp³-hybridized carbons (Fsp3) is 0.684. The second-order valence-corrected chi connectivity index (χ2v) is 6.12. The SMILES string of the molecule is CCC(CC)C(=O)CC(=O)O.CCCCOCC(=O)CC(=O)CC(=O)C(=O)O.[Zr]. The van der Waals surface area contributed by atoms with Crippen LogP contribution in [-0.4, -0.2) is 58.5 Å². The molecule has 0 rings (SSSR count). The molecule has 0 spiro atoms. The summed E-state index contributed by atoms with van der Waals surface area (Å²) in [5.41, 5.74) is 0. The fourth-order valence-electron chi connectivity index (χ4n) is 2.06. The molecule has 164 valence electrons. The van der Waals surface area contributed by atoms with Crippen molar-refractivity contribution in [1.82, 2.24) is 0 Å². The van der Waals surface area contributed by atoms with Gasteiger partial charge in [-0.1, -0.05) is 27.2 Å². The average molecular weight is 494 g/mol. The van der Waals surface area contributed by atoms with Crippen molar-refractivity contribution in [2.24, 2.45) is 5.92 Å². The van der Waals surface area contributed by atoms with Gasteiger partial charge < -0.3 is 14.9 Å². The monoisotopic (exact) mass is 492 g/mol. The first-order valence-electron chi connectivity index (χ1n) is 9.20. The van der Waals surface area contributed by atoms with Gasteiger partial charge in [0.25, 0.3) is 0 Å². The number of hydrogen-bond donors (Lipinski definition) is 2. The molecule has 10 heteroatoms.